The first-order chi connectivity index (χ1) is 7.92. The summed E-state index contributed by atoms with van der Waals surface area (Å²) in [6.45, 7) is 5.01. The van der Waals surface area contributed by atoms with Crippen LogP contribution >= 0.6 is 11.6 Å². The molecule has 0 unspecified atom stereocenters. The molecule has 0 aromatic rings. The van der Waals surface area contributed by atoms with Crippen LogP contribution in [0, 0.1) is 11.3 Å². The van der Waals surface area contributed by atoms with Gasteiger partial charge in [0.05, 0.1) is 5.41 Å². The Hall–Kier alpha value is -0.770. The van der Waals surface area contributed by atoms with Gasteiger partial charge in [-0.05, 0) is 26.7 Å². The fourth-order valence-corrected chi connectivity index (χ4v) is 2.15. The summed E-state index contributed by atoms with van der Waals surface area (Å²) >= 11 is 5.80. The van der Waals surface area contributed by atoms with Gasteiger partial charge in [-0.1, -0.05) is 0 Å². The number of hydrogen-bond donors (Lipinski definition) is 1. The topological polar surface area (TPSA) is 49.4 Å². The highest BCUT2D eigenvalue weighted by molar-refractivity contribution is 6.19. The minimum absolute atomic E-state index is 0.0446. The highest BCUT2D eigenvalue weighted by atomic mass is 35.5. The molecule has 1 aliphatic heterocycles. The van der Waals surface area contributed by atoms with Crippen molar-refractivity contribution in [1.82, 2.24) is 10.2 Å². The maximum absolute atomic E-state index is 12.1. The van der Waals surface area contributed by atoms with Gasteiger partial charge in [0, 0.05) is 31.9 Å². The Morgan fingerprint density at radius 3 is 2.29 bits per heavy atom. The van der Waals surface area contributed by atoms with E-state index in [1.54, 1.807) is 7.05 Å². The van der Waals surface area contributed by atoms with Crippen LogP contribution in [0.1, 0.15) is 26.7 Å². The van der Waals surface area contributed by atoms with E-state index >= 15 is 0 Å². The van der Waals surface area contributed by atoms with Gasteiger partial charge >= 0.3 is 0 Å². The van der Waals surface area contributed by atoms with Crippen molar-refractivity contribution in [2.45, 2.75) is 26.7 Å². The van der Waals surface area contributed by atoms with Crippen LogP contribution in [0.4, 0.5) is 0 Å². The third-order valence-corrected chi connectivity index (χ3v) is 3.98. The molecule has 1 aliphatic rings. The van der Waals surface area contributed by atoms with E-state index in [1.165, 1.54) is 0 Å². The van der Waals surface area contributed by atoms with E-state index < -0.39 is 5.41 Å². The number of alkyl halides is 1. The number of piperidine rings is 1. The van der Waals surface area contributed by atoms with E-state index in [0.717, 1.165) is 12.8 Å². The molecule has 0 radical (unpaired) electrons. The summed E-state index contributed by atoms with van der Waals surface area (Å²) in [5.41, 5.74) is -0.512. The number of rotatable bonds is 3. The molecule has 4 nitrogen and oxygen atoms in total. The Morgan fingerprint density at radius 1 is 1.35 bits per heavy atom. The third kappa shape index (κ3) is 3.35. The first kappa shape index (κ1) is 14.3. The first-order valence-electron chi connectivity index (χ1n) is 5.99. The predicted molar refractivity (Wildman–Crippen MR) is 67.9 cm³/mol. The lowest BCUT2D eigenvalue weighted by Gasteiger charge is -2.35. The van der Waals surface area contributed by atoms with Gasteiger partial charge in [-0.25, -0.2) is 0 Å². The Labute approximate surface area is 108 Å². The van der Waals surface area contributed by atoms with Crippen LogP contribution in [0.2, 0.25) is 0 Å². The highest BCUT2D eigenvalue weighted by Gasteiger charge is 2.34. The van der Waals surface area contributed by atoms with Crippen molar-refractivity contribution in [2.24, 2.45) is 11.3 Å². The predicted octanol–water partition coefficient (Wildman–Crippen LogP) is 1.24. The van der Waals surface area contributed by atoms with Crippen LogP contribution in [-0.2, 0) is 9.59 Å². The quantitative estimate of drug-likeness (QED) is 0.776. The summed E-state index contributed by atoms with van der Waals surface area (Å²) in [5, 5.41) is 2.66. The molecule has 98 valence electrons. The van der Waals surface area contributed by atoms with Crippen molar-refractivity contribution in [3.8, 4) is 0 Å². The van der Waals surface area contributed by atoms with Crippen molar-refractivity contribution in [3.05, 3.63) is 0 Å². The van der Waals surface area contributed by atoms with Crippen LogP contribution in [0.15, 0.2) is 0 Å². The number of carbonyl (C=O) groups excluding carboxylic acids is 2. The van der Waals surface area contributed by atoms with E-state index in [9.17, 15) is 9.59 Å². The molecule has 1 N–H and O–H groups in total. The van der Waals surface area contributed by atoms with Crippen LogP contribution < -0.4 is 5.32 Å². The summed E-state index contributed by atoms with van der Waals surface area (Å²) in [4.78, 5) is 25.4. The number of carbonyl (C=O) groups is 2. The number of halogens is 1. The molecule has 0 aliphatic carbocycles. The van der Waals surface area contributed by atoms with Crippen LogP contribution in [0.3, 0.4) is 0 Å². The zero-order valence-electron chi connectivity index (χ0n) is 10.8. The van der Waals surface area contributed by atoms with Gasteiger partial charge < -0.3 is 10.2 Å². The molecule has 1 fully saturated rings. The van der Waals surface area contributed by atoms with Crippen molar-refractivity contribution in [3.63, 3.8) is 0 Å². The van der Waals surface area contributed by atoms with Crippen molar-refractivity contribution in [1.29, 1.82) is 0 Å². The summed E-state index contributed by atoms with van der Waals surface area (Å²) < 4.78 is 0. The van der Waals surface area contributed by atoms with Crippen LogP contribution in [0.25, 0.3) is 0 Å². The Kier molecular flexibility index (Phi) is 4.80. The highest BCUT2D eigenvalue weighted by Crippen LogP contribution is 2.25. The molecule has 1 saturated heterocycles. The first-order valence-corrected chi connectivity index (χ1v) is 6.52. The molecule has 0 aromatic heterocycles. The maximum Gasteiger partial charge on any atom is 0.229 e. The molecule has 1 heterocycles. The standard InChI is InChI=1S/C12H21ClN2O2/c1-12(2,8-13)11(17)15-6-4-9(5-7-15)10(16)14-3/h9H,4-8H2,1-3H3,(H,14,16). The van der Waals surface area contributed by atoms with Gasteiger partial charge in [0.15, 0.2) is 0 Å². The number of likely N-dealkylation sites (tertiary alicyclic amines) is 1. The van der Waals surface area contributed by atoms with E-state index in [1.807, 2.05) is 18.7 Å². The second-order valence-corrected chi connectivity index (χ2v) is 5.47. The van der Waals surface area contributed by atoms with E-state index in [2.05, 4.69) is 5.32 Å². The lowest BCUT2D eigenvalue weighted by Crippen LogP contribution is -2.47. The Morgan fingerprint density at radius 2 is 1.88 bits per heavy atom. The normalized spacial score (nSPS) is 18.0. The van der Waals surface area contributed by atoms with E-state index in [-0.39, 0.29) is 17.7 Å². The van der Waals surface area contributed by atoms with Gasteiger partial charge in [0.25, 0.3) is 0 Å². The summed E-state index contributed by atoms with van der Waals surface area (Å²) in [7, 11) is 1.65. The largest absolute Gasteiger partial charge is 0.359 e. The molecular formula is C12H21ClN2O2. The van der Waals surface area contributed by atoms with Gasteiger partial charge in [0.2, 0.25) is 11.8 Å². The number of hydrogen-bond acceptors (Lipinski definition) is 2. The lowest BCUT2D eigenvalue weighted by molar-refractivity contribution is -0.142. The third-order valence-electron chi connectivity index (χ3n) is 3.31. The molecular weight excluding hydrogens is 240 g/mol. The fourth-order valence-electron chi connectivity index (χ4n) is 2.03. The lowest BCUT2D eigenvalue weighted by atomic mass is 9.90. The molecule has 0 spiro atoms. The minimum atomic E-state index is -0.512. The van der Waals surface area contributed by atoms with Crippen LogP contribution in [0.5, 0.6) is 0 Å². The average Bonchev–Trinajstić information content (AvgIpc) is 2.37. The van der Waals surface area contributed by atoms with Crippen LogP contribution in [-0.4, -0.2) is 42.7 Å². The van der Waals surface area contributed by atoms with Crippen molar-refractivity contribution >= 4 is 23.4 Å². The number of nitrogens with one attached hydrogen (secondary N) is 1. The molecule has 0 bridgehead atoms. The summed E-state index contributed by atoms with van der Waals surface area (Å²) in [6.07, 6.45) is 1.48. The molecule has 1 rings (SSSR count). The Bertz CT molecular complexity index is 297. The molecule has 17 heavy (non-hydrogen) atoms. The van der Waals surface area contributed by atoms with Gasteiger partial charge in [0.1, 0.15) is 0 Å². The molecule has 2 amide bonds. The van der Waals surface area contributed by atoms with Gasteiger partial charge in [-0.3, -0.25) is 9.59 Å². The minimum Gasteiger partial charge on any atom is -0.359 e. The number of amides is 2. The zero-order chi connectivity index (χ0) is 13.1. The Balaban J connectivity index is 2.52. The number of nitrogens with zero attached hydrogens (tertiary/aromatic N) is 1. The molecule has 0 saturated carbocycles. The average molecular weight is 261 g/mol. The van der Waals surface area contributed by atoms with E-state index in [0.29, 0.717) is 19.0 Å². The van der Waals surface area contributed by atoms with E-state index in [4.69, 9.17) is 11.6 Å². The second kappa shape index (κ2) is 5.71. The second-order valence-electron chi connectivity index (χ2n) is 5.20. The van der Waals surface area contributed by atoms with Crippen molar-refractivity contribution < 1.29 is 9.59 Å². The molecule has 5 heteroatoms. The SMILES string of the molecule is CNC(=O)C1CCN(C(=O)C(C)(C)CCl)CC1. The van der Waals surface area contributed by atoms with Gasteiger partial charge in [-0.2, -0.15) is 0 Å². The monoisotopic (exact) mass is 260 g/mol. The molecule has 0 aromatic carbocycles. The summed E-state index contributed by atoms with van der Waals surface area (Å²) in [6, 6.07) is 0. The smallest absolute Gasteiger partial charge is 0.229 e. The van der Waals surface area contributed by atoms with Crippen molar-refractivity contribution in [2.75, 3.05) is 26.0 Å². The zero-order valence-corrected chi connectivity index (χ0v) is 11.5. The summed E-state index contributed by atoms with van der Waals surface area (Å²) in [5.74, 6) is 0.529. The van der Waals surface area contributed by atoms with Gasteiger partial charge in [-0.15, -0.1) is 11.6 Å². The fraction of sp³-hybridized carbons (Fsp3) is 0.833. The molecule has 0 atom stereocenters. The maximum atomic E-state index is 12.1.